The van der Waals surface area contributed by atoms with Crippen LogP contribution < -0.4 is 0 Å². The SMILES string of the molecule is CCCCCCCCCCCCOC(Cn1ccnc1)c1ccc(Cl)cc1Cl. The standard InChI is InChI=1S/C23H34Cl2N2O/c1-2-3-4-5-6-7-8-9-10-11-16-28-23(18-27-15-14-26-19-27)21-13-12-20(24)17-22(21)25/h12-15,17,19,23H,2-11,16,18H2,1H3. The van der Waals surface area contributed by atoms with Crippen LogP contribution in [0.4, 0.5) is 0 Å². The van der Waals surface area contributed by atoms with Gasteiger partial charge < -0.3 is 9.30 Å². The molecule has 28 heavy (non-hydrogen) atoms. The Balaban J connectivity index is 1.69. The van der Waals surface area contributed by atoms with Crippen molar-refractivity contribution in [1.29, 1.82) is 0 Å². The van der Waals surface area contributed by atoms with Crippen molar-refractivity contribution in [2.45, 2.75) is 83.8 Å². The highest BCUT2D eigenvalue weighted by Crippen LogP contribution is 2.30. The number of rotatable bonds is 15. The molecule has 0 saturated carbocycles. The Morgan fingerprint density at radius 1 is 0.964 bits per heavy atom. The lowest BCUT2D eigenvalue weighted by Crippen LogP contribution is -2.13. The molecule has 0 spiro atoms. The van der Waals surface area contributed by atoms with Crippen LogP contribution in [-0.4, -0.2) is 16.2 Å². The lowest BCUT2D eigenvalue weighted by atomic mass is 10.1. The van der Waals surface area contributed by atoms with Crippen molar-refractivity contribution in [2.75, 3.05) is 6.61 Å². The second-order valence-electron chi connectivity index (χ2n) is 7.47. The highest BCUT2D eigenvalue weighted by atomic mass is 35.5. The fourth-order valence-corrected chi connectivity index (χ4v) is 3.93. The Kier molecular flexibility index (Phi) is 11.7. The Morgan fingerprint density at radius 2 is 1.64 bits per heavy atom. The molecule has 1 aromatic carbocycles. The zero-order valence-electron chi connectivity index (χ0n) is 17.1. The van der Waals surface area contributed by atoms with E-state index in [1.165, 1.54) is 57.8 Å². The summed E-state index contributed by atoms with van der Waals surface area (Å²) in [6.45, 7) is 3.71. The van der Waals surface area contributed by atoms with Gasteiger partial charge in [-0.25, -0.2) is 4.98 Å². The van der Waals surface area contributed by atoms with E-state index in [-0.39, 0.29) is 6.10 Å². The van der Waals surface area contributed by atoms with Crippen molar-refractivity contribution in [1.82, 2.24) is 9.55 Å². The second-order valence-corrected chi connectivity index (χ2v) is 8.31. The number of nitrogens with zero attached hydrogens (tertiary/aromatic N) is 2. The van der Waals surface area contributed by atoms with E-state index < -0.39 is 0 Å². The van der Waals surface area contributed by atoms with Crippen molar-refractivity contribution < 1.29 is 4.74 Å². The highest BCUT2D eigenvalue weighted by molar-refractivity contribution is 6.35. The van der Waals surface area contributed by atoms with Crippen LogP contribution in [0, 0.1) is 0 Å². The normalized spacial score (nSPS) is 12.4. The minimum Gasteiger partial charge on any atom is -0.372 e. The van der Waals surface area contributed by atoms with Crippen LogP contribution in [0.2, 0.25) is 10.0 Å². The van der Waals surface area contributed by atoms with E-state index >= 15 is 0 Å². The summed E-state index contributed by atoms with van der Waals surface area (Å²) in [6, 6.07) is 5.61. The molecule has 0 saturated heterocycles. The van der Waals surface area contributed by atoms with Gasteiger partial charge in [0.1, 0.15) is 6.10 Å². The highest BCUT2D eigenvalue weighted by Gasteiger charge is 2.16. The predicted molar refractivity (Wildman–Crippen MR) is 119 cm³/mol. The van der Waals surface area contributed by atoms with E-state index in [2.05, 4.69) is 11.9 Å². The molecule has 0 fully saturated rings. The number of benzene rings is 1. The van der Waals surface area contributed by atoms with Gasteiger partial charge in [0.05, 0.1) is 12.9 Å². The number of ether oxygens (including phenoxy) is 1. The largest absolute Gasteiger partial charge is 0.372 e. The van der Waals surface area contributed by atoms with Crippen LogP contribution in [0.1, 0.15) is 82.8 Å². The van der Waals surface area contributed by atoms with Gasteiger partial charge in [-0.05, 0) is 18.6 Å². The maximum Gasteiger partial charge on any atom is 0.102 e. The predicted octanol–water partition coefficient (Wildman–Crippen LogP) is 7.87. The topological polar surface area (TPSA) is 27.1 Å². The van der Waals surface area contributed by atoms with E-state index in [9.17, 15) is 0 Å². The second kappa shape index (κ2) is 14.0. The van der Waals surface area contributed by atoms with E-state index in [0.717, 1.165) is 18.6 Å². The summed E-state index contributed by atoms with van der Waals surface area (Å²) in [7, 11) is 0. The number of imidazole rings is 1. The fraction of sp³-hybridized carbons (Fsp3) is 0.609. The summed E-state index contributed by atoms with van der Waals surface area (Å²) < 4.78 is 8.24. The lowest BCUT2D eigenvalue weighted by molar-refractivity contribution is 0.0380. The molecule has 0 radical (unpaired) electrons. The quantitative estimate of drug-likeness (QED) is 0.272. The summed E-state index contributed by atoms with van der Waals surface area (Å²) in [5, 5.41) is 1.30. The van der Waals surface area contributed by atoms with E-state index in [1.807, 2.05) is 22.9 Å². The van der Waals surface area contributed by atoms with Gasteiger partial charge in [0.2, 0.25) is 0 Å². The summed E-state index contributed by atoms with van der Waals surface area (Å²) in [4.78, 5) is 4.12. The Labute approximate surface area is 180 Å². The van der Waals surface area contributed by atoms with Crippen molar-refractivity contribution >= 4 is 23.2 Å². The van der Waals surface area contributed by atoms with E-state index in [4.69, 9.17) is 27.9 Å². The Bertz CT molecular complexity index is 646. The average Bonchev–Trinajstić information content (AvgIpc) is 3.18. The molecule has 3 nitrogen and oxygen atoms in total. The van der Waals surface area contributed by atoms with Crippen molar-refractivity contribution in [3.8, 4) is 0 Å². The Hall–Kier alpha value is -1.03. The third kappa shape index (κ3) is 8.98. The van der Waals surface area contributed by atoms with Crippen LogP contribution in [-0.2, 0) is 11.3 Å². The smallest absolute Gasteiger partial charge is 0.102 e. The molecule has 0 bridgehead atoms. The molecule has 1 aromatic heterocycles. The molecule has 0 amide bonds. The maximum atomic E-state index is 6.42. The summed E-state index contributed by atoms with van der Waals surface area (Å²) in [5.41, 5.74) is 0.979. The molecule has 1 atom stereocenters. The minimum atomic E-state index is -0.0995. The fourth-order valence-electron chi connectivity index (χ4n) is 3.40. The number of hydrogen-bond acceptors (Lipinski definition) is 2. The first-order chi connectivity index (χ1) is 13.7. The first-order valence-corrected chi connectivity index (χ1v) is 11.5. The number of aromatic nitrogens is 2. The number of unbranched alkanes of at least 4 members (excludes halogenated alkanes) is 9. The molecule has 0 aliphatic heterocycles. The first kappa shape index (κ1) is 23.3. The van der Waals surface area contributed by atoms with Gasteiger partial charge >= 0.3 is 0 Å². The van der Waals surface area contributed by atoms with Crippen LogP contribution >= 0.6 is 23.2 Å². The maximum absolute atomic E-state index is 6.42. The molecule has 0 aliphatic carbocycles. The van der Waals surface area contributed by atoms with Crippen molar-refractivity contribution in [3.63, 3.8) is 0 Å². The van der Waals surface area contributed by atoms with Crippen LogP contribution in [0.25, 0.3) is 0 Å². The molecule has 2 aromatic rings. The van der Waals surface area contributed by atoms with Gasteiger partial charge in [0.25, 0.3) is 0 Å². The molecular formula is C23H34Cl2N2O. The zero-order chi connectivity index (χ0) is 20.0. The molecule has 1 unspecified atom stereocenters. The average molecular weight is 425 g/mol. The van der Waals surface area contributed by atoms with Gasteiger partial charge in [-0.15, -0.1) is 0 Å². The minimum absolute atomic E-state index is 0.0995. The van der Waals surface area contributed by atoms with Gasteiger partial charge in [0.15, 0.2) is 0 Å². The number of halogens is 2. The molecule has 156 valence electrons. The van der Waals surface area contributed by atoms with E-state index in [0.29, 0.717) is 16.6 Å². The van der Waals surface area contributed by atoms with Gasteiger partial charge in [-0.3, -0.25) is 0 Å². The summed E-state index contributed by atoms with van der Waals surface area (Å²) >= 11 is 12.5. The molecule has 0 aliphatic rings. The van der Waals surface area contributed by atoms with Crippen molar-refractivity contribution in [2.24, 2.45) is 0 Å². The molecule has 1 heterocycles. The van der Waals surface area contributed by atoms with Crippen molar-refractivity contribution in [3.05, 3.63) is 52.5 Å². The molecule has 0 N–H and O–H groups in total. The third-order valence-electron chi connectivity index (χ3n) is 5.06. The summed E-state index contributed by atoms with van der Waals surface area (Å²) in [6.07, 6.45) is 18.6. The van der Waals surface area contributed by atoms with Crippen LogP contribution in [0.3, 0.4) is 0 Å². The van der Waals surface area contributed by atoms with Crippen LogP contribution in [0.15, 0.2) is 36.9 Å². The molecule has 5 heteroatoms. The van der Waals surface area contributed by atoms with E-state index in [1.54, 1.807) is 18.6 Å². The third-order valence-corrected chi connectivity index (χ3v) is 5.62. The summed E-state index contributed by atoms with van der Waals surface area (Å²) in [5.74, 6) is 0. The van der Waals surface area contributed by atoms with Gasteiger partial charge in [-0.1, -0.05) is 94.0 Å². The monoisotopic (exact) mass is 424 g/mol. The number of hydrogen-bond donors (Lipinski definition) is 0. The molecule has 2 rings (SSSR count). The Morgan fingerprint density at radius 3 is 2.25 bits per heavy atom. The van der Waals surface area contributed by atoms with Gasteiger partial charge in [-0.2, -0.15) is 0 Å². The van der Waals surface area contributed by atoms with Gasteiger partial charge in [0, 0.05) is 34.6 Å². The first-order valence-electron chi connectivity index (χ1n) is 10.7. The molecular weight excluding hydrogens is 391 g/mol. The van der Waals surface area contributed by atoms with Crippen LogP contribution in [0.5, 0.6) is 0 Å². The zero-order valence-corrected chi connectivity index (χ0v) is 18.6. The lowest BCUT2D eigenvalue weighted by Gasteiger charge is -2.20.